The highest BCUT2D eigenvalue weighted by molar-refractivity contribution is 6.30. The normalized spacial score (nSPS) is 17.2. The number of nitrogens with zero attached hydrogens (tertiary/aromatic N) is 1. The van der Waals surface area contributed by atoms with Crippen LogP contribution in [0.3, 0.4) is 0 Å². The van der Waals surface area contributed by atoms with Crippen molar-refractivity contribution in [2.24, 2.45) is 0 Å². The predicted molar refractivity (Wildman–Crippen MR) is 148 cm³/mol. The number of anilines is 1. The molecule has 0 fully saturated rings. The van der Waals surface area contributed by atoms with Crippen LogP contribution in [0.25, 0.3) is 0 Å². The summed E-state index contributed by atoms with van der Waals surface area (Å²) in [5.74, 6) is 1.04. The van der Waals surface area contributed by atoms with Crippen LogP contribution in [-0.2, 0) is 17.3 Å². The fourth-order valence-electron chi connectivity index (χ4n) is 4.85. The Morgan fingerprint density at radius 3 is 2.25 bits per heavy atom. The zero-order chi connectivity index (χ0) is 29.2. The SMILES string of the molecule is COc1cc2c(cc1OC)[C@H](c1ccc(Cl)cc1)N(C(=O)OC(C)(C)C)[C@H](CNc1cccc(C(F)(F)F)c1)C2. The molecule has 4 rings (SSSR count). The number of nitrogens with one attached hydrogen (secondary N) is 1. The zero-order valence-corrected chi connectivity index (χ0v) is 23.7. The average molecular weight is 577 g/mol. The summed E-state index contributed by atoms with van der Waals surface area (Å²) >= 11 is 6.18. The van der Waals surface area contributed by atoms with E-state index in [1.54, 1.807) is 51.0 Å². The fraction of sp³-hybridized carbons (Fsp3) is 0.367. The standard InChI is InChI=1S/C30H32ClF3N2O4/c1-29(2,3)40-28(37)36-23(17-35-22-8-6-7-20(15-22)30(32,33)34)13-19-14-25(38-4)26(39-5)16-24(19)27(36)18-9-11-21(31)12-10-18/h6-12,14-16,23,27,35H,13,17H2,1-5H3/t23-,27-/m0/s1. The van der Waals surface area contributed by atoms with E-state index in [-0.39, 0.29) is 6.54 Å². The molecule has 1 amide bonds. The van der Waals surface area contributed by atoms with Gasteiger partial charge < -0.3 is 19.5 Å². The Morgan fingerprint density at radius 2 is 1.65 bits per heavy atom. The number of amides is 1. The summed E-state index contributed by atoms with van der Waals surface area (Å²) in [5, 5.41) is 3.65. The first-order chi connectivity index (χ1) is 18.8. The number of benzene rings is 3. The molecule has 0 aliphatic carbocycles. The molecule has 40 heavy (non-hydrogen) atoms. The van der Waals surface area contributed by atoms with Crippen molar-refractivity contribution < 1.29 is 32.2 Å². The number of fused-ring (bicyclic) bond motifs is 1. The molecule has 0 radical (unpaired) electrons. The van der Waals surface area contributed by atoms with Gasteiger partial charge in [0.1, 0.15) is 5.60 Å². The van der Waals surface area contributed by atoms with Gasteiger partial charge in [-0.05, 0) is 86.3 Å². The van der Waals surface area contributed by atoms with Gasteiger partial charge in [0.15, 0.2) is 11.5 Å². The van der Waals surface area contributed by atoms with Crippen molar-refractivity contribution in [3.8, 4) is 11.5 Å². The molecule has 0 aromatic heterocycles. The number of carbonyl (C=O) groups excluding carboxylic acids is 1. The largest absolute Gasteiger partial charge is 0.493 e. The average Bonchev–Trinajstić information content (AvgIpc) is 2.89. The number of alkyl halides is 3. The third kappa shape index (κ3) is 6.58. The number of hydrogen-bond donors (Lipinski definition) is 1. The topological polar surface area (TPSA) is 60.0 Å². The van der Waals surface area contributed by atoms with E-state index in [4.69, 9.17) is 25.8 Å². The first-order valence-corrected chi connectivity index (χ1v) is 13.1. The van der Waals surface area contributed by atoms with Crippen LogP contribution in [0.4, 0.5) is 23.7 Å². The van der Waals surface area contributed by atoms with Crippen molar-refractivity contribution in [2.75, 3.05) is 26.1 Å². The van der Waals surface area contributed by atoms with Gasteiger partial charge in [-0.3, -0.25) is 4.90 Å². The minimum absolute atomic E-state index is 0.165. The van der Waals surface area contributed by atoms with Crippen molar-refractivity contribution in [1.29, 1.82) is 0 Å². The number of hydrogen-bond acceptors (Lipinski definition) is 5. The summed E-state index contributed by atoms with van der Waals surface area (Å²) in [4.78, 5) is 15.4. The van der Waals surface area contributed by atoms with Gasteiger partial charge >= 0.3 is 12.3 Å². The number of carbonyl (C=O) groups is 1. The third-order valence-corrected chi connectivity index (χ3v) is 6.84. The van der Waals surface area contributed by atoms with Crippen molar-refractivity contribution in [2.45, 2.75) is 51.1 Å². The van der Waals surface area contributed by atoms with Gasteiger partial charge in [-0.2, -0.15) is 13.2 Å². The van der Waals surface area contributed by atoms with Crippen LogP contribution < -0.4 is 14.8 Å². The van der Waals surface area contributed by atoms with Crippen molar-refractivity contribution in [1.82, 2.24) is 4.90 Å². The van der Waals surface area contributed by atoms with Crippen molar-refractivity contribution >= 4 is 23.4 Å². The highest BCUT2D eigenvalue weighted by Gasteiger charge is 2.41. The first kappa shape index (κ1) is 29.4. The van der Waals surface area contributed by atoms with Crippen LogP contribution in [-0.4, -0.2) is 43.4 Å². The van der Waals surface area contributed by atoms with Crippen LogP contribution in [0.15, 0.2) is 60.7 Å². The van der Waals surface area contributed by atoms with Gasteiger partial charge in [0.25, 0.3) is 0 Å². The molecule has 0 spiro atoms. The van der Waals surface area contributed by atoms with E-state index in [0.717, 1.165) is 28.8 Å². The van der Waals surface area contributed by atoms with Crippen LogP contribution in [0.2, 0.25) is 5.02 Å². The summed E-state index contributed by atoms with van der Waals surface area (Å²) < 4.78 is 56.9. The first-order valence-electron chi connectivity index (χ1n) is 12.7. The summed E-state index contributed by atoms with van der Waals surface area (Å²) in [6, 6.07) is 14.8. The minimum Gasteiger partial charge on any atom is -0.493 e. The van der Waals surface area contributed by atoms with E-state index >= 15 is 0 Å². The maximum absolute atomic E-state index is 13.8. The molecule has 10 heteroatoms. The molecule has 1 aliphatic heterocycles. The van der Waals surface area contributed by atoms with Crippen LogP contribution in [0.5, 0.6) is 11.5 Å². The van der Waals surface area contributed by atoms with E-state index in [1.807, 2.05) is 24.3 Å². The zero-order valence-electron chi connectivity index (χ0n) is 22.9. The predicted octanol–water partition coefficient (Wildman–Crippen LogP) is 7.74. The number of rotatable bonds is 6. The lowest BCUT2D eigenvalue weighted by Crippen LogP contribution is -2.52. The maximum Gasteiger partial charge on any atom is 0.416 e. The monoisotopic (exact) mass is 576 g/mol. The fourth-order valence-corrected chi connectivity index (χ4v) is 4.97. The van der Waals surface area contributed by atoms with E-state index in [9.17, 15) is 18.0 Å². The molecule has 0 bridgehead atoms. The quantitative estimate of drug-likeness (QED) is 0.325. The number of ether oxygens (including phenoxy) is 3. The smallest absolute Gasteiger partial charge is 0.416 e. The Kier molecular flexibility index (Phi) is 8.44. The van der Waals surface area contributed by atoms with Crippen LogP contribution >= 0.6 is 11.6 Å². The Bertz CT molecular complexity index is 1360. The van der Waals surface area contributed by atoms with Crippen molar-refractivity contribution in [3.05, 3.63) is 87.9 Å². The molecule has 0 saturated carbocycles. The highest BCUT2D eigenvalue weighted by Crippen LogP contribution is 2.44. The second-order valence-corrected chi connectivity index (χ2v) is 11.0. The maximum atomic E-state index is 13.8. The summed E-state index contributed by atoms with van der Waals surface area (Å²) in [7, 11) is 3.08. The summed E-state index contributed by atoms with van der Waals surface area (Å²) in [6.07, 6.45) is -4.63. The van der Waals surface area contributed by atoms with Crippen LogP contribution in [0, 0.1) is 0 Å². The molecule has 0 unspecified atom stereocenters. The Morgan fingerprint density at radius 1 is 1.00 bits per heavy atom. The molecule has 1 aliphatic rings. The van der Waals surface area contributed by atoms with Gasteiger partial charge in [0.2, 0.25) is 0 Å². The second-order valence-electron chi connectivity index (χ2n) is 10.6. The number of halogens is 4. The Balaban J connectivity index is 1.82. The second kappa shape index (κ2) is 11.5. The summed E-state index contributed by atoms with van der Waals surface area (Å²) in [5.41, 5.74) is 1.27. The molecular formula is C30H32ClF3N2O4. The van der Waals surface area contributed by atoms with E-state index in [0.29, 0.717) is 28.6 Å². The lowest BCUT2D eigenvalue weighted by molar-refractivity contribution is -0.137. The third-order valence-electron chi connectivity index (χ3n) is 6.59. The van der Waals surface area contributed by atoms with Gasteiger partial charge in [0.05, 0.1) is 31.9 Å². The van der Waals surface area contributed by atoms with Crippen molar-refractivity contribution in [3.63, 3.8) is 0 Å². The molecule has 3 aromatic carbocycles. The molecule has 2 atom stereocenters. The highest BCUT2D eigenvalue weighted by atomic mass is 35.5. The lowest BCUT2D eigenvalue weighted by atomic mass is 9.84. The molecule has 0 saturated heterocycles. The molecule has 214 valence electrons. The van der Waals surface area contributed by atoms with Gasteiger partial charge in [-0.1, -0.05) is 29.8 Å². The Labute approximate surface area is 237 Å². The van der Waals surface area contributed by atoms with E-state index in [2.05, 4.69) is 5.32 Å². The van der Waals surface area contributed by atoms with E-state index in [1.165, 1.54) is 13.2 Å². The Hall–Kier alpha value is -3.59. The lowest BCUT2D eigenvalue weighted by Gasteiger charge is -2.44. The van der Waals surface area contributed by atoms with Gasteiger partial charge in [-0.25, -0.2) is 4.79 Å². The molecule has 1 heterocycles. The summed E-state index contributed by atoms with van der Waals surface area (Å²) in [6.45, 7) is 5.51. The molecule has 1 N–H and O–H groups in total. The minimum atomic E-state index is -4.47. The van der Waals surface area contributed by atoms with Gasteiger partial charge in [-0.15, -0.1) is 0 Å². The van der Waals surface area contributed by atoms with E-state index < -0.39 is 35.5 Å². The number of methoxy groups -OCH3 is 2. The molecular weight excluding hydrogens is 545 g/mol. The molecule has 6 nitrogen and oxygen atoms in total. The van der Waals surface area contributed by atoms with Crippen LogP contribution in [0.1, 0.15) is 49.1 Å². The molecule has 3 aromatic rings. The van der Waals surface area contributed by atoms with Gasteiger partial charge in [0, 0.05) is 17.3 Å².